The molecule has 1 rings (SSSR count). The number of amides is 2. The maximum Gasteiger partial charge on any atom is 0.323 e. The molecule has 0 atom stereocenters. The van der Waals surface area contributed by atoms with Crippen LogP contribution in [0.3, 0.4) is 0 Å². The van der Waals surface area contributed by atoms with Crippen LogP contribution in [0.5, 0.6) is 0 Å². The average Bonchev–Trinajstić information content (AvgIpc) is 2.40. The van der Waals surface area contributed by atoms with Gasteiger partial charge in [-0.05, 0) is 36.6 Å². The van der Waals surface area contributed by atoms with E-state index in [0.29, 0.717) is 13.0 Å². The molecule has 6 heteroatoms. The molecule has 0 saturated carbocycles. The first kappa shape index (κ1) is 16.7. The first-order valence-corrected chi connectivity index (χ1v) is 6.54. The van der Waals surface area contributed by atoms with Gasteiger partial charge in [-0.3, -0.25) is 4.79 Å². The van der Waals surface area contributed by atoms with Crippen LogP contribution in [-0.2, 0) is 11.2 Å². The van der Waals surface area contributed by atoms with Crippen LogP contribution in [0, 0.1) is 12.7 Å². The Bertz CT molecular complexity index is 532. The molecule has 0 aliphatic heterocycles. The quantitative estimate of drug-likeness (QED) is 0.755. The van der Waals surface area contributed by atoms with Crippen LogP contribution < -0.4 is 5.32 Å². The van der Waals surface area contributed by atoms with Crippen LogP contribution >= 0.6 is 0 Å². The van der Waals surface area contributed by atoms with Gasteiger partial charge in [-0.2, -0.15) is 0 Å². The lowest BCUT2D eigenvalue weighted by Crippen LogP contribution is -2.43. The van der Waals surface area contributed by atoms with E-state index in [1.165, 1.54) is 18.2 Å². The highest BCUT2D eigenvalue weighted by molar-refractivity contribution is 5.80. The predicted molar refractivity (Wildman–Crippen MR) is 77.6 cm³/mol. The molecule has 2 amide bonds. The second-order valence-corrected chi connectivity index (χ2v) is 4.62. The highest BCUT2D eigenvalue weighted by Gasteiger charge is 2.14. The van der Waals surface area contributed by atoms with Crippen molar-refractivity contribution in [3.05, 3.63) is 47.8 Å². The summed E-state index contributed by atoms with van der Waals surface area (Å²) in [7, 11) is 0. The van der Waals surface area contributed by atoms with Crippen molar-refractivity contribution in [2.75, 3.05) is 19.6 Å². The van der Waals surface area contributed by atoms with Gasteiger partial charge in [0, 0.05) is 13.1 Å². The molecule has 5 nitrogen and oxygen atoms in total. The number of aliphatic carboxylic acids is 1. The summed E-state index contributed by atoms with van der Waals surface area (Å²) >= 11 is 0. The molecular formula is C15H19FN2O3. The molecule has 0 heterocycles. The molecule has 0 fully saturated rings. The number of carboxylic acids is 1. The van der Waals surface area contributed by atoms with Crippen LogP contribution in [0.2, 0.25) is 0 Å². The second kappa shape index (κ2) is 8.04. The van der Waals surface area contributed by atoms with Crippen LogP contribution in [0.1, 0.15) is 11.1 Å². The van der Waals surface area contributed by atoms with Gasteiger partial charge in [-0.25, -0.2) is 9.18 Å². The van der Waals surface area contributed by atoms with E-state index >= 15 is 0 Å². The minimum absolute atomic E-state index is 0.160. The SMILES string of the molecule is C=CCN(CC(=O)O)C(=O)NCCc1ccc(F)cc1C. The molecule has 0 aliphatic carbocycles. The van der Waals surface area contributed by atoms with E-state index in [-0.39, 0.29) is 18.9 Å². The van der Waals surface area contributed by atoms with E-state index in [1.54, 1.807) is 13.0 Å². The van der Waals surface area contributed by atoms with Crippen molar-refractivity contribution >= 4 is 12.0 Å². The number of urea groups is 1. The monoisotopic (exact) mass is 294 g/mol. The fraction of sp³-hybridized carbons (Fsp3) is 0.333. The van der Waals surface area contributed by atoms with Crippen LogP contribution in [-0.4, -0.2) is 41.6 Å². The predicted octanol–water partition coefficient (Wildman–Crippen LogP) is 1.96. The van der Waals surface area contributed by atoms with E-state index < -0.39 is 12.0 Å². The first-order chi connectivity index (χ1) is 9.93. The van der Waals surface area contributed by atoms with E-state index in [4.69, 9.17) is 5.11 Å². The summed E-state index contributed by atoms with van der Waals surface area (Å²) in [6.45, 7) is 5.41. The number of carboxylic acid groups (broad SMARTS) is 1. The van der Waals surface area contributed by atoms with Gasteiger partial charge in [0.1, 0.15) is 12.4 Å². The average molecular weight is 294 g/mol. The van der Waals surface area contributed by atoms with Crippen molar-refractivity contribution in [1.29, 1.82) is 0 Å². The lowest BCUT2D eigenvalue weighted by molar-refractivity contribution is -0.137. The Kier molecular flexibility index (Phi) is 6.39. The van der Waals surface area contributed by atoms with Crippen molar-refractivity contribution in [2.45, 2.75) is 13.3 Å². The third-order valence-electron chi connectivity index (χ3n) is 2.94. The largest absolute Gasteiger partial charge is 0.480 e. The van der Waals surface area contributed by atoms with Gasteiger partial charge in [0.15, 0.2) is 0 Å². The molecule has 1 aromatic carbocycles. The number of benzene rings is 1. The molecular weight excluding hydrogens is 275 g/mol. The number of hydrogen-bond acceptors (Lipinski definition) is 2. The van der Waals surface area contributed by atoms with Gasteiger partial charge in [-0.15, -0.1) is 6.58 Å². The Hall–Kier alpha value is -2.37. The smallest absolute Gasteiger partial charge is 0.323 e. The normalized spacial score (nSPS) is 10.0. The van der Waals surface area contributed by atoms with Crippen molar-refractivity contribution in [2.24, 2.45) is 0 Å². The number of rotatable bonds is 7. The summed E-state index contributed by atoms with van der Waals surface area (Å²) in [5.74, 6) is -1.37. The summed E-state index contributed by atoms with van der Waals surface area (Å²) in [6.07, 6.45) is 2.01. The number of nitrogens with zero attached hydrogens (tertiary/aromatic N) is 1. The molecule has 0 bridgehead atoms. The van der Waals surface area contributed by atoms with E-state index in [1.807, 2.05) is 0 Å². The van der Waals surface area contributed by atoms with Crippen molar-refractivity contribution in [1.82, 2.24) is 10.2 Å². The van der Waals surface area contributed by atoms with Gasteiger partial charge in [0.25, 0.3) is 0 Å². The highest BCUT2D eigenvalue weighted by Crippen LogP contribution is 2.10. The zero-order chi connectivity index (χ0) is 15.8. The molecule has 0 saturated heterocycles. The van der Waals surface area contributed by atoms with Gasteiger partial charge < -0.3 is 15.3 Å². The highest BCUT2D eigenvalue weighted by atomic mass is 19.1. The van der Waals surface area contributed by atoms with Crippen LogP contribution in [0.25, 0.3) is 0 Å². The minimum Gasteiger partial charge on any atom is -0.480 e. The molecule has 0 spiro atoms. The van der Waals surface area contributed by atoms with E-state index in [2.05, 4.69) is 11.9 Å². The van der Waals surface area contributed by atoms with Crippen LogP contribution in [0.4, 0.5) is 9.18 Å². The van der Waals surface area contributed by atoms with Gasteiger partial charge in [0.05, 0.1) is 0 Å². The van der Waals surface area contributed by atoms with E-state index in [9.17, 15) is 14.0 Å². The fourth-order valence-corrected chi connectivity index (χ4v) is 1.89. The summed E-state index contributed by atoms with van der Waals surface area (Å²) in [6, 6.07) is 4.02. The Morgan fingerprint density at radius 2 is 2.19 bits per heavy atom. The molecule has 2 N–H and O–H groups in total. The third kappa shape index (κ3) is 5.64. The standard InChI is InChI=1S/C15H19FN2O3/c1-3-8-18(10-14(19)20)15(21)17-7-6-12-4-5-13(16)9-11(12)2/h3-5,9H,1,6-8,10H2,2H3,(H,17,21)(H,19,20). The summed E-state index contributed by atoms with van der Waals surface area (Å²) in [5.41, 5.74) is 1.75. The molecule has 114 valence electrons. The van der Waals surface area contributed by atoms with Gasteiger partial charge in [-0.1, -0.05) is 12.1 Å². The van der Waals surface area contributed by atoms with Crippen molar-refractivity contribution < 1.29 is 19.1 Å². The summed E-state index contributed by atoms with van der Waals surface area (Å²) in [5, 5.41) is 11.4. The number of hydrogen-bond donors (Lipinski definition) is 2. The topological polar surface area (TPSA) is 69.6 Å². The van der Waals surface area contributed by atoms with Crippen molar-refractivity contribution in [3.63, 3.8) is 0 Å². The number of carbonyl (C=O) groups excluding carboxylic acids is 1. The molecule has 1 aromatic rings. The van der Waals surface area contributed by atoms with Gasteiger partial charge >= 0.3 is 12.0 Å². The summed E-state index contributed by atoms with van der Waals surface area (Å²) < 4.78 is 13.0. The summed E-state index contributed by atoms with van der Waals surface area (Å²) in [4.78, 5) is 23.7. The maximum atomic E-state index is 13.0. The zero-order valence-corrected chi connectivity index (χ0v) is 11.9. The molecule has 0 aliphatic rings. The second-order valence-electron chi connectivity index (χ2n) is 4.62. The van der Waals surface area contributed by atoms with Crippen LogP contribution in [0.15, 0.2) is 30.9 Å². The Labute approximate surface area is 123 Å². The third-order valence-corrected chi connectivity index (χ3v) is 2.94. The number of halogens is 1. The molecule has 0 aromatic heterocycles. The lowest BCUT2D eigenvalue weighted by Gasteiger charge is -2.19. The number of aryl methyl sites for hydroxylation is 1. The Balaban J connectivity index is 2.51. The van der Waals surface area contributed by atoms with Crippen molar-refractivity contribution in [3.8, 4) is 0 Å². The number of carbonyl (C=O) groups is 2. The first-order valence-electron chi connectivity index (χ1n) is 6.54. The molecule has 0 radical (unpaired) electrons. The zero-order valence-electron chi connectivity index (χ0n) is 11.9. The molecule has 21 heavy (non-hydrogen) atoms. The lowest BCUT2D eigenvalue weighted by atomic mass is 10.1. The fourth-order valence-electron chi connectivity index (χ4n) is 1.89. The van der Waals surface area contributed by atoms with E-state index in [0.717, 1.165) is 16.0 Å². The minimum atomic E-state index is -1.08. The Morgan fingerprint density at radius 1 is 1.48 bits per heavy atom. The molecule has 0 unspecified atom stereocenters. The maximum absolute atomic E-state index is 13.0. The van der Waals surface area contributed by atoms with Gasteiger partial charge in [0.2, 0.25) is 0 Å². The Morgan fingerprint density at radius 3 is 2.76 bits per heavy atom. The number of nitrogens with one attached hydrogen (secondary N) is 1.